The monoisotopic (exact) mass is 1090 g/mol. The molecule has 0 amide bonds. The van der Waals surface area contributed by atoms with E-state index in [1.54, 1.807) is 0 Å². The number of allylic oxidation sites excluding steroid dienone is 14. The number of hydrogen-bond acceptors (Lipinski definition) is 10. The highest BCUT2D eigenvalue weighted by Gasteiger charge is 2.28. The average Bonchev–Trinajstić information content (AvgIpc) is 3.41. The summed E-state index contributed by atoms with van der Waals surface area (Å²) in [7, 11) is -4.77. The molecule has 3 unspecified atom stereocenters. The fourth-order valence-corrected chi connectivity index (χ4v) is 8.97. The van der Waals surface area contributed by atoms with Gasteiger partial charge in [0, 0.05) is 19.3 Å². The molecule has 0 aromatic rings. The molecule has 0 spiro atoms. The first-order valence-electron chi connectivity index (χ1n) is 30.5. The Morgan fingerprint density at radius 1 is 0.382 bits per heavy atom. The summed E-state index contributed by atoms with van der Waals surface area (Å²) in [5.74, 6) is -1.55. The molecule has 0 bridgehead atoms. The van der Waals surface area contributed by atoms with Crippen LogP contribution in [0.25, 0.3) is 0 Å². The molecule has 0 aliphatic heterocycles. The Morgan fingerprint density at radius 3 is 1.13 bits per heavy atom. The fourth-order valence-electron chi connectivity index (χ4n) is 8.19. The zero-order valence-electron chi connectivity index (χ0n) is 48.5. The van der Waals surface area contributed by atoms with E-state index in [9.17, 15) is 28.9 Å². The van der Waals surface area contributed by atoms with Gasteiger partial charge in [-0.15, -0.1) is 0 Å². The van der Waals surface area contributed by atoms with Crippen LogP contribution in [0.3, 0.4) is 0 Å². The molecule has 0 rings (SSSR count). The third-order valence-electron chi connectivity index (χ3n) is 12.8. The van der Waals surface area contributed by atoms with Crippen LogP contribution in [0.4, 0.5) is 0 Å². The summed E-state index contributed by atoms with van der Waals surface area (Å²) < 4.78 is 39.5. The van der Waals surface area contributed by atoms with Gasteiger partial charge in [-0.05, 0) is 89.9 Å². The first-order valence-corrected chi connectivity index (χ1v) is 32.0. The number of ether oxygens (including phenoxy) is 3. The fraction of sp³-hybridized carbons (Fsp3) is 0.734. The van der Waals surface area contributed by atoms with Gasteiger partial charge in [0.25, 0.3) is 0 Å². The van der Waals surface area contributed by atoms with E-state index >= 15 is 0 Å². The van der Waals surface area contributed by atoms with Gasteiger partial charge in [-0.1, -0.05) is 241 Å². The summed E-state index contributed by atoms with van der Waals surface area (Å²) in [6.07, 6.45) is 66.9. The molecule has 3 atom stereocenters. The number of phosphoric ester groups is 1. The second-order valence-corrected chi connectivity index (χ2v) is 21.6. The van der Waals surface area contributed by atoms with E-state index in [2.05, 4.69) is 93.7 Å². The summed E-state index contributed by atoms with van der Waals surface area (Å²) >= 11 is 0. The van der Waals surface area contributed by atoms with Crippen LogP contribution in [-0.2, 0) is 42.2 Å². The number of rotatable bonds is 56. The highest BCUT2D eigenvalue weighted by atomic mass is 31.2. The maximum Gasteiger partial charge on any atom is 0.472 e. The highest BCUT2D eigenvalue weighted by Crippen LogP contribution is 2.43. The van der Waals surface area contributed by atoms with Crippen molar-refractivity contribution in [2.75, 3.05) is 26.4 Å². The van der Waals surface area contributed by atoms with Gasteiger partial charge < -0.3 is 24.2 Å². The normalized spacial score (nSPS) is 13.9. The summed E-state index contributed by atoms with van der Waals surface area (Å²) in [4.78, 5) is 48.6. The minimum atomic E-state index is -4.77. The first kappa shape index (κ1) is 72.7. The predicted octanol–water partition coefficient (Wildman–Crippen LogP) is 18.3. The minimum absolute atomic E-state index is 0.0844. The van der Waals surface area contributed by atoms with Gasteiger partial charge >= 0.3 is 25.7 Å². The number of unbranched alkanes of at least 4 members (excludes halogenated alkanes) is 25. The number of hydrogen-bond donors (Lipinski definition) is 2. The van der Waals surface area contributed by atoms with Crippen molar-refractivity contribution in [1.29, 1.82) is 0 Å². The highest BCUT2D eigenvalue weighted by molar-refractivity contribution is 7.47. The van der Waals surface area contributed by atoms with Crippen LogP contribution >= 0.6 is 7.82 Å². The Kier molecular flexibility index (Phi) is 55.3. The minimum Gasteiger partial charge on any atom is -0.462 e. The Bertz CT molecular complexity index is 1600. The van der Waals surface area contributed by atoms with E-state index in [0.717, 1.165) is 96.3 Å². The SMILES string of the molecule is CC/C=C\C/C=C\C/C=C\C/C=C\C/C=C\CCCC(=O)OC(COC(=O)CCCCCCC/C=C\C/C=C\CCCCC)COP(=O)(O)OCC(CO)OC(=O)CCCCCCCCCCCCCCCCCCC. The zero-order chi connectivity index (χ0) is 55.5. The third kappa shape index (κ3) is 55.4. The van der Waals surface area contributed by atoms with Gasteiger partial charge in [0.15, 0.2) is 6.10 Å². The average molecular weight is 1090 g/mol. The molecule has 76 heavy (non-hydrogen) atoms. The van der Waals surface area contributed by atoms with Gasteiger partial charge in [-0.2, -0.15) is 0 Å². The van der Waals surface area contributed by atoms with Crippen molar-refractivity contribution in [2.24, 2.45) is 0 Å². The molecule has 0 heterocycles. The number of aliphatic hydroxyl groups excluding tert-OH is 1. The van der Waals surface area contributed by atoms with Crippen molar-refractivity contribution in [3.8, 4) is 0 Å². The lowest BCUT2D eigenvalue weighted by Crippen LogP contribution is -2.30. The van der Waals surface area contributed by atoms with E-state index in [1.807, 2.05) is 12.2 Å². The molecule has 438 valence electrons. The van der Waals surface area contributed by atoms with Crippen LogP contribution in [0.15, 0.2) is 85.1 Å². The molecule has 0 saturated heterocycles. The summed E-state index contributed by atoms with van der Waals surface area (Å²) in [5, 5.41) is 9.84. The Hall–Kier alpha value is -3.34. The molecule has 12 heteroatoms. The second kappa shape index (κ2) is 57.8. The molecule has 0 radical (unpaired) electrons. The number of phosphoric acid groups is 1. The molecule has 0 aromatic heterocycles. The lowest BCUT2D eigenvalue weighted by molar-refractivity contribution is -0.161. The molecule has 0 saturated carbocycles. The van der Waals surface area contributed by atoms with Crippen LogP contribution in [0.5, 0.6) is 0 Å². The number of esters is 3. The first-order chi connectivity index (χ1) is 37.2. The lowest BCUT2D eigenvalue weighted by Gasteiger charge is -2.21. The van der Waals surface area contributed by atoms with Gasteiger partial charge in [0.1, 0.15) is 12.7 Å². The van der Waals surface area contributed by atoms with Crippen molar-refractivity contribution < 1.29 is 52.2 Å². The maximum absolute atomic E-state index is 12.9. The van der Waals surface area contributed by atoms with Crippen molar-refractivity contribution in [3.05, 3.63) is 85.1 Å². The topological polar surface area (TPSA) is 155 Å². The largest absolute Gasteiger partial charge is 0.472 e. The van der Waals surface area contributed by atoms with Crippen molar-refractivity contribution in [1.82, 2.24) is 0 Å². The third-order valence-corrected chi connectivity index (χ3v) is 13.8. The lowest BCUT2D eigenvalue weighted by atomic mass is 10.0. The molecule has 2 N–H and O–H groups in total. The van der Waals surface area contributed by atoms with Crippen LogP contribution in [-0.4, -0.2) is 66.5 Å². The van der Waals surface area contributed by atoms with E-state index in [1.165, 1.54) is 103 Å². The van der Waals surface area contributed by atoms with E-state index in [0.29, 0.717) is 25.7 Å². The Morgan fingerprint density at radius 2 is 0.697 bits per heavy atom. The van der Waals surface area contributed by atoms with E-state index < -0.39 is 57.8 Å². The van der Waals surface area contributed by atoms with Crippen LogP contribution in [0, 0.1) is 0 Å². The quantitative estimate of drug-likeness (QED) is 0.0197. The van der Waals surface area contributed by atoms with Gasteiger partial charge in [0.2, 0.25) is 0 Å². The van der Waals surface area contributed by atoms with Crippen LogP contribution in [0.1, 0.15) is 265 Å². The van der Waals surface area contributed by atoms with Crippen molar-refractivity contribution in [2.45, 2.75) is 277 Å². The van der Waals surface area contributed by atoms with E-state index in [4.69, 9.17) is 23.3 Å². The van der Waals surface area contributed by atoms with Crippen LogP contribution in [0.2, 0.25) is 0 Å². The molecule has 11 nitrogen and oxygen atoms in total. The van der Waals surface area contributed by atoms with Crippen LogP contribution < -0.4 is 0 Å². The standard InChI is InChI=1S/C64H111O11P/c1-4-7-10-13-16-19-22-25-28-30-33-36-39-42-45-48-51-54-63(67)74-60(56-65)58-72-76(69,70)73-59-61(57-71-62(66)53-50-47-44-41-38-35-32-27-24-21-18-15-12-9-6-3)75-64(68)55-52-49-46-43-40-37-34-31-29-26-23-20-17-14-11-8-5-2/h8,11,17-18,20-21,26-27,29,32,34,37,43,46,60-61,65H,4-7,9-10,12-16,19,22-25,28,30-31,33,35-36,38-42,44-45,47-59H2,1-3H3,(H,69,70)/b11-8-,20-17-,21-18-,29-26-,32-27-,37-34-,46-43-. The Balaban J connectivity index is 4.77. The van der Waals surface area contributed by atoms with Crippen molar-refractivity contribution in [3.63, 3.8) is 0 Å². The predicted molar refractivity (Wildman–Crippen MR) is 316 cm³/mol. The molecule has 0 aliphatic carbocycles. The van der Waals surface area contributed by atoms with Crippen molar-refractivity contribution >= 4 is 25.7 Å². The summed E-state index contributed by atoms with van der Waals surface area (Å²) in [6.45, 7) is 4.45. The molecule has 0 aromatic carbocycles. The maximum atomic E-state index is 12.9. The second-order valence-electron chi connectivity index (χ2n) is 20.1. The summed E-state index contributed by atoms with van der Waals surface area (Å²) in [5.41, 5.74) is 0. The molecule has 0 fully saturated rings. The molecule has 0 aliphatic rings. The number of carbonyl (C=O) groups is 3. The van der Waals surface area contributed by atoms with Gasteiger partial charge in [-0.25, -0.2) is 4.57 Å². The van der Waals surface area contributed by atoms with Gasteiger partial charge in [-0.3, -0.25) is 23.4 Å². The molecular formula is C64H111O11P. The smallest absolute Gasteiger partial charge is 0.462 e. The summed E-state index contributed by atoms with van der Waals surface area (Å²) in [6, 6.07) is 0. The van der Waals surface area contributed by atoms with E-state index in [-0.39, 0.29) is 25.9 Å². The number of aliphatic hydroxyl groups is 1. The number of carbonyl (C=O) groups excluding carboxylic acids is 3. The molecular weight excluding hydrogens is 976 g/mol. The Labute approximate surface area is 464 Å². The zero-order valence-corrected chi connectivity index (χ0v) is 49.3. The van der Waals surface area contributed by atoms with Gasteiger partial charge in [0.05, 0.1) is 19.8 Å².